The lowest BCUT2D eigenvalue weighted by molar-refractivity contribution is 0.593. The molecule has 0 spiro atoms. The van der Waals surface area contributed by atoms with E-state index in [0.29, 0.717) is 5.95 Å². The number of nitrogens with zero attached hydrogens (tertiary/aromatic N) is 3. The molecule has 0 saturated carbocycles. The Morgan fingerprint density at radius 2 is 2.00 bits per heavy atom. The van der Waals surface area contributed by atoms with Crippen LogP contribution in [0.25, 0.3) is 0 Å². The Morgan fingerprint density at radius 3 is 2.74 bits per heavy atom. The normalized spacial score (nSPS) is 21.9. The lowest BCUT2D eigenvalue weighted by Crippen LogP contribution is -2.25. The maximum Gasteiger partial charge on any atom is 0.233 e. The number of aromatic nitrogens is 2. The van der Waals surface area contributed by atoms with Gasteiger partial charge in [-0.15, -0.1) is 0 Å². The minimum Gasteiger partial charge on any atom is -0.610 e. The summed E-state index contributed by atoms with van der Waals surface area (Å²) >= 11 is 2.33. The molecule has 1 aliphatic rings. The molecule has 2 unspecified atom stereocenters. The third-order valence-corrected chi connectivity index (χ3v) is 4.57. The van der Waals surface area contributed by atoms with E-state index in [0.717, 1.165) is 10.0 Å². The Hall–Kier alpha value is -1.37. The standard InChI is InChI=1S/C13H10BrN3OS/c14-11-4-1-3-10(9-11)12-17(7-8-19(12)18)13-15-5-2-6-16-13/h1-9,12H. The Kier molecular flexibility index (Phi) is 3.54. The van der Waals surface area contributed by atoms with Gasteiger partial charge >= 0.3 is 0 Å². The average Bonchev–Trinajstić information content (AvgIpc) is 2.82. The Bertz CT molecular complexity index is 608. The summed E-state index contributed by atoms with van der Waals surface area (Å²) in [6.07, 6.45) is 5.13. The van der Waals surface area contributed by atoms with E-state index in [9.17, 15) is 4.55 Å². The van der Waals surface area contributed by atoms with Gasteiger partial charge in [0, 0.05) is 33.6 Å². The van der Waals surface area contributed by atoms with Gasteiger partial charge in [0.15, 0.2) is 0 Å². The number of halogens is 1. The molecule has 2 heterocycles. The first kappa shape index (κ1) is 12.7. The van der Waals surface area contributed by atoms with Crippen LogP contribution in [0.2, 0.25) is 0 Å². The monoisotopic (exact) mass is 335 g/mol. The smallest absolute Gasteiger partial charge is 0.233 e. The fraction of sp³-hybridized carbons (Fsp3) is 0.0769. The van der Waals surface area contributed by atoms with Crippen LogP contribution in [0.3, 0.4) is 0 Å². The van der Waals surface area contributed by atoms with Crippen LogP contribution in [0, 0.1) is 0 Å². The van der Waals surface area contributed by atoms with Crippen LogP contribution in [-0.2, 0) is 11.2 Å². The number of anilines is 1. The van der Waals surface area contributed by atoms with Gasteiger partial charge < -0.3 is 4.55 Å². The molecule has 96 valence electrons. The Morgan fingerprint density at radius 1 is 1.21 bits per heavy atom. The van der Waals surface area contributed by atoms with E-state index in [1.807, 2.05) is 29.2 Å². The third-order valence-electron chi connectivity index (χ3n) is 2.75. The van der Waals surface area contributed by atoms with Crippen molar-refractivity contribution in [3.63, 3.8) is 0 Å². The Balaban J connectivity index is 1.99. The van der Waals surface area contributed by atoms with Crippen molar-refractivity contribution in [2.75, 3.05) is 4.90 Å². The molecule has 0 aliphatic carbocycles. The van der Waals surface area contributed by atoms with Crippen LogP contribution >= 0.6 is 15.9 Å². The fourth-order valence-electron chi connectivity index (χ4n) is 1.94. The largest absolute Gasteiger partial charge is 0.610 e. The van der Waals surface area contributed by atoms with E-state index < -0.39 is 11.2 Å². The van der Waals surface area contributed by atoms with Crippen molar-refractivity contribution in [2.45, 2.75) is 5.37 Å². The van der Waals surface area contributed by atoms with E-state index >= 15 is 0 Å². The molecule has 2 atom stereocenters. The maximum absolute atomic E-state index is 12.2. The highest BCUT2D eigenvalue weighted by molar-refractivity contribution is 9.10. The van der Waals surface area contributed by atoms with Gasteiger partial charge in [-0.05, 0) is 18.2 Å². The highest BCUT2D eigenvalue weighted by Crippen LogP contribution is 2.36. The molecule has 19 heavy (non-hydrogen) atoms. The molecule has 3 rings (SSSR count). The predicted octanol–water partition coefficient (Wildman–Crippen LogP) is 2.98. The molecular weight excluding hydrogens is 326 g/mol. The van der Waals surface area contributed by atoms with Crippen LogP contribution in [0.1, 0.15) is 10.9 Å². The van der Waals surface area contributed by atoms with Gasteiger partial charge in [-0.1, -0.05) is 28.1 Å². The summed E-state index contributed by atoms with van der Waals surface area (Å²) < 4.78 is 13.1. The first-order valence-corrected chi connectivity index (χ1v) is 7.71. The van der Waals surface area contributed by atoms with E-state index in [1.54, 1.807) is 30.1 Å². The minimum atomic E-state index is -1.11. The lowest BCUT2D eigenvalue weighted by Gasteiger charge is -2.23. The lowest BCUT2D eigenvalue weighted by atomic mass is 10.2. The maximum atomic E-state index is 12.2. The highest BCUT2D eigenvalue weighted by atomic mass is 79.9. The summed E-state index contributed by atoms with van der Waals surface area (Å²) in [5, 5.41) is 1.39. The summed E-state index contributed by atoms with van der Waals surface area (Å²) in [4.78, 5) is 10.3. The first-order valence-electron chi connectivity index (χ1n) is 5.64. The van der Waals surface area contributed by atoms with Gasteiger partial charge in [-0.25, -0.2) is 9.97 Å². The first-order chi connectivity index (χ1) is 9.25. The van der Waals surface area contributed by atoms with Gasteiger partial charge in [0.25, 0.3) is 0 Å². The van der Waals surface area contributed by atoms with Crippen LogP contribution in [0.5, 0.6) is 0 Å². The van der Waals surface area contributed by atoms with Crippen molar-refractivity contribution in [2.24, 2.45) is 0 Å². The van der Waals surface area contributed by atoms with E-state index in [4.69, 9.17) is 0 Å². The zero-order valence-electron chi connectivity index (χ0n) is 9.81. The summed E-state index contributed by atoms with van der Waals surface area (Å²) in [5.41, 5.74) is 0.963. The number of hydrogen-bond donors (Lipinski definition) is 0. The van der Waals surface area contributed by atoms with Gasteiger partial charge in [0.2, 0.25) is 11.3 Å². The van der Waals surface area contributed by atoms with Crippen molar-refractivity contribution in [3.05, 3.63) is 64.4 Å². The summed E-state index contributed by atoms with van der Waals surface area (Å²) in [5.74, 6) is 0.551. The number of rotatable bonds is 2. The van der Waals surface area contributed by atoms with Gasteiger partial charge in [-0.2, -0.15) is 0 Å². The quantitative estimate of drug-likeness (QED) is 0.791. The van der Waals surface area contributed by atoms with Crippen LogP contribution in [0.4, 0.5) is 5.95 Å². The van der Waals surface area contributed by atoms with Gasteiger partial charge in [0.1, 0.15) is 5.41 Å². The second-order valence-corrected chi connectivity index (χ2v) is 6.27. The molecule has 1 aromatic carbocycles. The highest BCUT2D eigenvalue weighted by Gasteiger charge is 2.35. The molecule has 0 bridgehead atoms. The second-order valence-electron chi connectivity index (χ2n) is 3.98. The van der Waals surface area contributed by atoms with Crippen molar-refractivity contribution >= 4 is 33.1 Å². The molecular formula is C13H10BrN3OS. The van der Waals surface area contributed by atoms with Crippen LogP contribution < -0.4 is 4.90 Å². The van der Waals surface area contributed by atoms with Gasteiger partial charge in [-0.3, -0.25) is 4.90 Å². The summed E-state index contributed by atoms with van der Waals surface area (Å²) in [7, 11) is 0. The Labute approximate surface area is 122 Å². The van der Waals surface area contributed by atoms with E-state index in [2.05, 4.69) is 25.9 Å². The second kappa shape index (κ2) is 5.32. The third kappa shape index (κ3) is 2.51. The zero-order valence-corrected chi connectivity index (χ0v) is 12.2. The van der Waals surface area contributed by atoms with Crippen LogP contribution in [-0.4, -0.2) is 14.5 Å². The SMILES string of the molecule is [O-][S+]1C=CN(c2ncccn2)C1c1cccc(Br)c1. The summed E-state index contributed by atoms with van der Waals surface area (Å²) in [6.45, 7) is 0. The zero-order chi connectivity index (χ0) is 13.2. The topological polar surface area (TPSA) is 52.1 Å². The molecule has 2 aromatic rings. The predicted molar refractivity (Wildman–Crippen MR) is 78.7 cm³/mol. The van der Waals surface area contributed by atoms with E-state index in [-0.39, 0.29) is 5.37 Å². The molecule has 1 aromatic heterocycles. The molecule has 4 nitrogen and oxygen atoms in total. The minimum absolute atomic E-state index is 0.278. The number of benzene rings is 1. The van der Waals surface area contributed by atoms with Gasteiger partial charge in [0.05, 0.1) is 6.20 Å². The molecule has 6 heteroatoms. The van der Waals surface area contributed by atoms with Crippen molar-refractivity contribution in [3.8, 4) is 0 Å². The van der Waals surface area contributed by atoms with Crippen molar-refractivity contribution in [1.29, 1.82) is 0 Å². The fourth-order valence-corrected chi connectivity index (χ4v) is 3.56. The molecule has 0 N–H and O–H groups in total. The molecule has 0 saturated heterocycles. The summed E-state index contributed by atoms with van der Waals surface area (Å²) in [6, 6.07) is 9.55. The van der Waals surface area contributed by atoms with Crippen molar-refractivity contribution < 1.29 is 4.55 Å². The van der Waals surface area contributed by atoms with Crippen LogP contribution in [0.15, 0.2) is 58.8 Å². The molecule has 1 aliphatic heterocycles. The average molecular weight is 336 g/mol. The molecule has 0 radical (unpaired) electrons. The molecule has 0 amide bonds. The van der Waals surface area contributed by atoms with Crippen molar-refractivity contribution in [1.82, 2.24) is 9.97 Å². The van der Waals surface area contributed by atoms with E-state index in [1.165, 1.54) is 0 Å². The number of hydrogen-bond acceptors (Lipinski definition) is 4. The molecule has 0 fully saturated rings.